The summed E-state index contributed by atoms with van der Waals surface area (Å²) in [5.41, 5.74) is 4.84. The van der Waals surface area contributed by atoms with Crippen LogP contribution >= 0.6 is 0 Å². The van der Waals surface area contributed by atoms with Crippen LogP contribution in [-0.2, 0) is 0 Å². The first-order chi connectivity index (χ1) is 13.7. The molecule has 3 rings (SSSR count). The summed E-state index contributed by atoms with van der Waals surface area (Å²) in [6, 6.07) is 17.1. The minimum Gasteiger partial charge on any atom is -0.497 e. The van der Waals surface area contributed by atoms with Crippen LogP contribution in [-0.4, -0.2) is 30.1 Å². The number of hydrogen-bond acceptors (Lipinski definition) is 5. The lowest BCUT2D eigenvalue weighted by Gasteiger charge is -2.06. The monoisotopic (exact) mass is 374 g/mol. The van der Waals surface area contributed by atoms with Gasteiger partial charge >= 0.3 is 0 Å². The van der Waals surface area contributed by atoms with Gasteiger partial charge < -0.3 is 10.1 Å². The van der Waals surface area contributed by atoms with E-state index in [9.17, 15) is 9.59 Å². The molecule has 0 saturated heterocycles. The second kappa shape index (κ2) is 9.09. The zero-order valence-electron chi connectivity index (χ0n) is 15.1. The number of aromatic nitrogens is 1. The fourth-order valence-corrected chi connectivity index (χ4v) is 2.33. The average Bonchev–Trinajstić information content (AvgIpc) is 2.75. The Balaban J connectivity index is 1.56. The van der Waals surface area contributed by atoms with E-state index in [0.717, 1.165) is 11.3 Å². The van der Waals surface area contributed by atoms with Crippen LogP contribution in [0.15, 0.2) is 78.2 Å². The first-order valence-corrected chi connectivity index (χ1v) is 8.44. The van der Waals surface area contributed by atoms with E-state index in [2.05, 4.69) is 20.8 Å². The Labute approximate surface area is 162 Å². The summed E-state index contributed by atoms with van der Waals surface area (Å²) in [6.45, 7) is 0. The van der Waals surface area contributed by atoms with E-state index in [1.807, 2.05) is 0 Å². The molecule has 28 heavy (non-hydrogen) atoms. The molecule has 0 saturated carbocycles. The minimum atomic E-state index is -0.325. The molecule has 0 fully saturated rings. The Kier molecular flexibility index (Phi) is 6.10. The molecule has 2 N–H and O–H groups in total. The quantitative estimate of drug-likeness (QED) is 0.512. The van der Waals surface area contributed by atoms with Gasteiger partial charge in [0, 0.05) is 29.2 Å². The minimum absolute atomic E-state index is 0.223. The number of ether oxygens (including phenoxy) is 1. The van der Waals surface area contributed by atoms with Crippen molar-refractivity contribution in [1.29, 1.82) is 0 Å². The van der Waals surface area contributed by atoms with Crippen molar-refractivity contribution in [2.45, 2.75) is 0 Å². The second-order valence-corrected chi connectivity index (χ2v) is 5.74. The zero-order chi connectivity index (χ0) is 19.8. The van der Waals surface area contributed by atoms with Crippen molar-refractivity contribution in [3.05, 3.63) is 89.7 Å². The predicted octanol–water partition coefficient (Wildman–Crippen LogP) is 3.11. The molecule has 2 aromatic carbocycles. The number of anilines is 1. The van der Waals surface area contributed by atoms with Crippen molar-refractivity contribution < 1.29 is 14.3 Å². The van der Waals surface area contributed by atoms with Crippen LogP contribution in [0.25, 0.3) is 0 Å². The molecule has 0 aliphatic carbocycles. The number of benzene rings is 2. The molecule has 0 spiro atoms. The van der Waals surface area contributed by atoms with Gasteiger partial charge in [-0.15, -0.1) is 0 Å². The fraction of sp³-hybridized carbons (Fsp3) is 0.0476. The SMILES string of the molecule is COc1ccc(NC(=O)c2ccc(/C=N/NC(=O)c3ccncc3)cc2)cc1. The van der Waals surface area contributed by atoms with E-state index >= 15 is 0 Å². The molecule has 3 aromatic rings. The highest BCUT2D eigenvalue weighted by Crippen LogP contribution is 2.16. The van der Waals surface area contributed by atoms with Crippen molar-refractivity contribution in [2.75, 3.05) is 12.4 Å². The molecular weight excluding hydrogens is 356 g/mol. The zero-order valence-corrected chi connectivity index (χ0v) is 15.1. The molecule has 0 bridgehead atoms. The van der Waals surface area contributed by atoms with Gasteiger partial charge in [-0.05, 0) is 54.1 Å². The number of hydrazone groups is 1. The van der Waals surface area contributed by atoms with E-state index in [0.29, 0.717) is 16.8 Å². The molecular formula is C21H18N4O3. The van der Waals surface area contributed by atoms with E-state index in [4.69, 9.17) is 4.74 Å². The molecule has 0 aliphatic rings. The highest BCUT2D eigenvalue weighted by molar-refractivity contribution is 6.04. The number of methoxy groups -OCH3 is 1. The normalized spacial score (nSPS) is 10.5. The smallest absolute Gasteiger partial charge is 0.271 e. The van der Waals surface area contributed by atoms with Gasteiger partial charge in [0.25, 0.3) is 11.8 Å². The summed E-state index contributed by atoms with van der Waals surface area (Å²) in [6.07, 6.45) is 4.58. The highest BCUT2D eigenvalue weighted by Gasteiger charge is 2.06. The Morgan fingerprint density at radius 3 is 2.18 bits per heavy atom. The average molecular weight is 374 g/mol. The molecule has 2 amide bonds. The van der Waals surface area contributed by atoms with Gasteiger partial charge in [0.2, 0.25) is 0 Å². The number of carbonyl (C=O) groups excluding carboxylic acids is 2. The predicted molar refractivity (Wildman–Crippen MR) is 107 cm³/mol. The maximum Gasteiger partial charge on any atom is 0.271 e. The Morgan fingerprint density at radius 1 is 0.893 bits per heavy atom. The van der Waals surface area contributed by atoms with Crippen molar-refractivity contribution in [2.24, 2.45) is 5.10 Å². The van der Waals surface area contributed by atoms with E-state index in [1.54, 1.807) is 67.8 Å². The number of carbonyl (C=O) groups is 2. The number of amides is 2. The Bertz CT molecular complexity index is 969. The number of pyridine rings is 1. The van der Waals surface area contributed by atoms with Crippen molar-refractivity contribution >= 4 is 23.7 Å². The summed E-state index contributed by atoms with van der Waals surface area (Å²) >= 11 is 0. The Morgan fingerprint density at radius 2 is 1.54 bits per heavy atom. The molecule has 0 atom stereocenters. The summed E-state index contributed by atoms with van der Waals surface area (Å²) in [4.78, 5) is 28.0. The first kappa shape index (κ1) is 18.8. The van der Waals surface area contributed by atoms with Crippen molar-refractivity contribution in [3.8, 4) is 5.75 Å². The topological polar surface area (TPSA) is 92.7 Å². The lowest BCUT2D eigenvalue weighted by atomic mass is 10.1. The lowest BCUT2D eigenvalue weighted by Crippen LogP contribution is -2.17. The maximum absolute atomic E-state index is 12.3. The van der Waals surface area contributed by atoms with E-state index in [1.165, 1.54) is 18.6 Å². The molecule has 0 radical (unpaired) electrons. The molecule has 7 heteroatoms. The summed E-state index contributed by atoms with van der Waals surface area (Å²) in [5, 5.41) is 6.73. The molecule has 0 aliphatic heterocycles. The Hall–Kier alpha value is -4.00. The lowest BCUT2D eigenvalue weighted by molar-refractivity contribution is 0.0954. The summed E-state index contributed by atoms with van der Waals surface area (Å²) in [7, 11) is 1.59. The van der Waals surface area contributed by atoms with E-state index in [-0.39, 0.29) is 11.8 Å². The molecule has 1 aromatic heterocycles. The molecule has 0 unspecified atom stereocenters. The highest BCUT2D eigenvalue weighted by atomic mass is 16.5. The second-order valence-electron chi connectivity index (χ2n) is 5.74. The third-order valence-electron chi connectivity index (χ3n) is 3.84. The summed E-state index contributed by atoms with van der Waals surface area (Å²) in [5.74, 6) is 0.173. The maximum atomic E-state index is 12.3. The van der Waals surface area contributed by atoms with Crippen LogP contribution in [0.4, 0.5) is 5.69 Å². The molecule has 1 heterocycles. The first-order valence-electron chi connectivity index (χ1n) is 8.44. The standard InChI is InChI=1S/C21H18N4O3/c1-28-19-8-6-18(7-9-19)24-20(26)16-4-2-15(3-5-16)14-23-25-21(27)17-10-12-22-13-11-17/h2-14H,1H3,(H,24,26)(H,25,27)/b23-14+. The number of rotatable bonds is 6. The van der Waals surface area contributed by atoms with E-state index < -0.39 is 0 Å². The number of nitrogens with zero attached hydrogens (tertiary/aromatic N) is 2. The van der Waals surface area contributed by atoms with Gasteiger partial charge in [0.05, 0.1) is 13.3 Å². The van der Waals surface area contributed by atoms with Crippen LogP contribution < -0.4 is 15.5 Å². The number of hydrogen-bond donors (Lipinski definition) is 2. The third kappa shape index (κ3) is 5.01. The molecule has 140 valence electrons. The van der Waals surface area contributed by atoms with Gasteiger partial charge in [0.1, 0.15) is 5.75 Å². The third-order valence-corrected chi connectivity index (χ3v) is 3.84. The van der Waals surface area contributed by atoms with Gasteiger partial charge in [0.15, 0.2) is 0 Å². The van der Waals surface area contributed by atoms with Gasteiger partial charge in [-0.3, -0.25) is 14.6 Å². The van der Waals surface area contributed by atoms with Crippen LogP contribution in [0.3, 0.4) is 0 Å². The largest absolute Gasteiger partial charge is 0.497 e. The fourth-order valence-electron chi connectivity index (χ4n) is 2.33. The van der Waals surface area contributed by atoms with Crippen LogP contribution in [0.5, 0.6) is 5.75 Å². The van der Waals surface area contributed by atoms with Crippen LogP contribution in [0.1, 0.15) is 26.3 Å². The van der Waals surface area contributed by atoms with Gasteiger partial charge in [-0.25, -0.2) is 5.43 Å². The van der Waals surface area contributed by atoms with Crippen LogP contribution in [0.2, 0.25) is 0 Å². The van der Waals surface area contributed by atoms with Gasteiger partial charge in [-0.1, -0.05) is 12.1 Å². The van der Waals surface area contributed by atoms with Gasteiger partial charge in [-0.2, -0.15) is 5.10 Å². The number of nitrogens with one attached hydrogen (secondary N) is 2. The van der Waals surface area contributed by atoms with Crippen molar-refractivity contribution in [3.63, 3.8) is 0 Å². The summed E-state index contributed by atoms with van der Waals surface area (Å²) < 4.78 is 5.09. The van der Waals surface area contributed by atoms with Crippen LogP contribution in [0, 0.1) is 0 Å². The molecule has 7 nitrogen and oxygen atoms in total. The van der Waals surface area contributed by atoms with Crippen molar-refractivity contribution in [1.82, 2.24) is 10.4 Å².